The van der Waals surface area contributed by atoms with Gasteiger partial charge < -0.3 is 0 Å². The van der Waals surface area contributed by atoms with Crippen molar-refractivity contribution in [2.24, 2.45) is 0 Å². The first kappa shape index (κ1) is 22.6. The number of hydrogen-bond donors (Lipinski definition) is 0. The minimum Gasteiger partial charge on any atom is -0.289 e. The zero-order valence-electron chi connectivity index (χ0n) is 19.0. The summed E-state index contributed by atoms with van der Waals surface area (Å²) in [5, 5.41) is 0. The number of hydrogen-bond acceptors (Lipinski definition) is 5. The van der Waals surface area contributed by atoms with E-state index in [9.17, 15) is 18.0 Å². The SMILES string of the molecule is Cc1ccc(C)c(S(=O)(=O)N2CCN(C3CC(=O)N(c4c(C)cccc4C)C3=O)CC2)c1. The van der Waals surface area contributed by atoms with E-state index in [1.54, 1.807) is 13.0 Å². The number of benzene rings is 2. The van der Waals surface area contributed by atoms with Gasteiger partial charge in [0, 0.05) is 26.2 Å². The van der Waals surface area contributed by atoms with E-state index >= 15 is 0 Å². The monoisotopic (exact) mass is 455 g/mol. The molecule has 0 aliphatic carbocycles. The van der Waals surface area contributed by atoms with Crippen molar-refractivity contribution in [1.29, 1.82) is 0 Å². The third kappa shape index (κ3) is 3.87. The first-order chi connectivity index (χ1) is 15.1. The molecule has 0 radical (unpaired) electrons. The summed E-state index contributed by atoms with van der Waals surface area (Å²) in [5.74, 6) is -0.430. The van der Waals surface area contributed by atoms with Crippen molar-refractivity contribution >= 4 is 27.5 Å². The number of aryl methyl sites for hydroxylation is 4. The Morgan fingerprint density at radius 3 is 2.09 bits per heavy atom. The smallest absolute Gasteiger partial charge is 0.251 e. The van der Waals surface area contributed by atoms with Crippen LogP contribution in [0.5, 0.6) is 0 Å². The highest BCUT2D eigenvalue weighted by Gasteiger charge is 2.45. The fourth-order valence-corrected chi connectivity index (χ4v) is 6.41. The second kappa shape index (κ2) is 8.42. The fraction of sp³-hybridized carbons (Fsp3) is 0.417. The van der Waals surface area contributed by atoms with Gasteiger partial charge in [0.05, 0.1) is 23.0 Å². The minimum absolute atomic E-state index is 0.121. The van der Waals surface area contributed by atoms with E-state index in [0.29, 0.717) is 23.7 Å². The van der Waals surface area contributed by atoms with Crippen LogP contribution in [0.4, 0.5) is 5.69 Å². The van der Waals surface area contributed by atoms with Gasteiger partial charge in [0.15, 0.2) is 0 Å². The summed E-state index contributed by atoms with van der Waals surface area (Å²) in [5.41, 5.74) is 4.06. The van der Waals surface area contributed by atoms with Crippen LogP contribution in [0.25, 0.3) is 0 Å². The Hall–Kier alpha value is -2.55. The average Bonchev–Trinajstić information content (AvgIpc) is 3.04. The fourth-order valence-electron chi connectivity index (χ4n) is 4.67. The molecule has 0 aromatic heterocycles. The molecule has 0 spiro atoms. The lowest BCUT2D eigenvalue weighted by atomic mass is 10.1. The number of imide groups is 1. The molecular formula is C24H29N3O4S. The lowest BCUT2D eigenvalue weighted by Crippen LogP contribution is -2.53. The van der Waals surface area contributed by atoms with E-state index in [2.05, 4.69) is 0 Å². The maximum Gasteiger partial charge on any atom is 0.251 e. The highest BCUT2D eigenvalue weighted by molar-refractivity contribution is 7.89. The Kier molecular flexibility index (Phi) is 5.96. The normalized spacial score (nSPS) is 20.9. The number of rotatable bonds is 4. The quantitative estimate of drug-likeness (QED) is 0.662. The average molecular weight is 456 g/mol. The molecule has 2 aliphatic heterocycles. The molecule has 2 amide bonds. The summed E-state index contributed by atoms with van der Waals surface area (Å²) in [6.07, 6.45) is 0.121. The van der Waals surface area contributed by atoms with E-state index in [-0.39, 0.29) is 31.3 Å². The van der Waals surface area contributed by atoms with Gasteiger partial charge in [0.2, 0.25) is 15.9 Å². The number of sulfonamides is 1. The lowest BCUT2D eigenvalue weighted by Gasteiger charge is -2.36. The van der Waals surface area contributed by atoms with Gasteiger partial charge in [-0.1, -0.05) is 30.3 Å². The van der Waals surface area contributed by atoms with Crippen LogP contribution in [0.3, 0.4) is 0 Å². The predicted molar refractivity (Wildman–Crippen MR) is 123 cm³/mol. The van der Waals surface area contributed by atoms with Gasteiger partial charge in [-0.05, 0) is 56.0 Å². The maximum atomic E-state index is 13.2. The zero-order chi connectivity index (χ0) is 23.2. The number of carbonyl (C=O) groups excluding carboxylic acids is 2. The number of carbonyl (C=O) groups is 2. The standard InChI is InChI=1S/C24H29N3O4S/c1-16-8-9-17(2)21(14-16)32(30,31)26-12-10-25(11-13-26)20-15-22(28)27(24(20)29)23-18(3)6-5-7-19(23)4/h5-9,14,20H,10-13,15H2,1-4H3. The van der Waals surface area contributed by atoms with Gasteiger partial charge in [-0.15, -0.1) is 0 Å². The van der Waals surface area contributed by atoms with Gasteiger partial charge in [-0.3, -0.25) is 14.5 Å². The Balaban J connectivity index is 1.50. The molecule has 2 saturated heterocycles. The van der Waals surface area contributed by atoms with Gasteiger partial charge in [0.25, 0.3) is 5.91 Å². The summed E-state index contributed by atoms with van der Waals surface area (Å²) in [7, 11) is -3.61. The summed E-state index contributed by atoms with van der Waals surface area (Å²) in [6, 6.07) is 10.6. The van der Waals surface area contributed by atoms with Crippen molar-refractivity contribution in [2.45, 2.75) is 45.1 Å². The highest BCUT2D eigenvalue weighted by Crippen LogP contribution is 2.32. The predicted octanol–water partition coefficient (Wildman–Crippen LogP) is 2.56. The van der Waals surface area contributed by atoms with Crippen molar-refractivity contribution in [1.82, 2.24) is 9.21 Å². The second-order valence-electron chi connectivity index (χ2n) is 8.74. The minimum atomic E-state index is -3.61. The first-order valence-electron chi connectivity index (χ1n) is 10.9. The third-order valence-electron chi connectivity index (χ3n) is 6.46. The summed E-state index contributed by atoms with van der Waals surface area (Å²) < 4.78 is 27.9. The maximum absolute atomic E-state index is 13.2. The number of nitrogens with zero attached hydrogens (tertiary/aromatic N) is 3. The van der Waals surface area contributed by atoms with Crippen LogP contribution in [0, 0.1) is 27.7 Å². The Morgan fingerprint density at radius 2 is 1.47 bits per heavy atom. The van der Waals surface area contributed by atoms with Crippen LogP contribution in [0.2, 0.25) is 0 Å². The van der Waals surface area contributed by atoms with E-state index in [4.69, 9.17) is 0 Å². The molecular weight excluding hydrogens is 426 g/mol. The summed E-state index contributed by atoms with van der Waals surface area (Å²) >= 11 is 0. The Morgan fingerprint density at radius 1 is 0.844 bits per heavy atom. The van der Waals surface area contributed by atoms with Crippen LogP contribution in [-0.4, -0.2) is 61.7 Å². The molecule has 1 atom stereocenters. The topological polar surface area (TPSA) is 78.0 Å². The molecule has 0 bridgehead atoms. The molecule has 7 nitrogen and oxygen atoms in total. The zero-order valence-corrected chi connectivity index (χ0v) is 19.8. The van der Waals surface area contributed by atoms with Gasteiger partial charge in [0.1, 0.15) is 0 Å². The molecule has 32 heavy (non-hydrogen) atoms. The van der Waals surface area contributed by atoms with Crippen LogP contribution in [-0.2, 0) is 19.6 Å². The van der Waals surface area contributed by atoms with E-state index in [1.165, 1.54) is 9.21 Å². The van der Waals surface area contributed by atoms with Gasteiger partial charge >= 0.3 is 0 Å². The number of amides is 2. The number of anilines is 1. The molecule has 8 heteroatoms. The van der Waals surface area contributed by atoms with Crippen molar-refractivity contribution in [3.63, 3.8) is 0 Å². The lowest BCUT2D eigenvalue weighted by molar-refractivity contribution is -0.123. The Bertz CT molecular complexity index is 1160. The molecule has 170 valence electrons. The molecule has 0 N–H and O–H groups in total. The molecule has 2 aromatic carbocycles. The van der Waals surface area contributed by atoms with Crippen LogP contribution < -0.4 is 4.90 Å². The number of piperazine rings is 1. The van der Waals surface area contributed by atoms with E-state index in [1.807, 2.05) is 56.0 Å². The molecule has 1 unspecified atom stereocenters. The highest BCUT2D eigenvalue weighted by atomic mass is 32.2. The second-order valence-corrected chi connectivity index (χ2v) is 10.6. The van der Waals surface area contributed by atoms with Crippen LogP contribution in [0.1, 0.15) is 28.7 Å². The van der Waals surface area contributed by atoms with Crippen molar-refractivity contribution < 1.29 is 18.0 Å². The van der Waals surface area contributed by atoms with Crippen molar-refractivity contribution in [3.8, 4) is 0 Å². The summed E-state index contributed by atoms with van der Waals surface area (Å²) in [6.45, 7) is 8.87. The number of para-hydroxylation sites is 1. The molecule has 2 aliphatic rings. The van der Waals surface area contributed by atoms with Crippen LogP contribution in [0.15, 0.2) is 41.3 Å². The van der Waals surface area contributed by atoms with E-state index < -0.39 is 16.1 Å². The summed E-state index contributed by atoms with van der Waals surface area (Å²) in [4.78, 5) is 29.6. The molecule has 2 fully saturated rings. The van der Waals surface area contributed by atoms with E-state index in [0.717, 1.165) is 22.3 Å². The van der Waals surface area contributed by atoms with Crippen molar-refractivity contribution in [2.75, 3.05) is 31.1 Å². The largest absolute Gasteiger partial charge is 0.289 e. The third-order valence-corrected chi connectivity index (χ3v) is 8.50. The molecule has 4 rings (SSSR count). The van der Waals surface area contributed by atoms with Gasteiger partial charge in [-0.25, -0.2) is 13.3 Å². The molecule has 2 heterocycles. The van der Waals surface area contributed by atoms with Gasteiger partial charge in [-0.2, -0.15) is 4.31 Å². The molecule has 2 aromatic rings. The Labute approximate surface area is 189 Å². The first-order valence-corrected chi connectivity index (χ1v) is 12.3. The van der Waals surface area contributed by atoms with Crippen LogP contribution >= 0.6 is 0 Å². The van der Waals surface area contributed by atoms with Crippen molar-refractivity contribution in [3.05, 3.63) is 58.7 Å². The molecule has 0 saturated carbocycles.